The molecule has 0 fully saturated rings. The van der Waals surface area contributed by atoms with Crippen molar-refractivity contribution in [2.45, 2.75) is 0 Å². The molecule has 45 heavy (non-hydrogen) atoms. The van der Waals surface area contributed by atoms with Gasteiger partial charge in [0.25, 0.3) is 0 Å². The molecule has 3 nitrogen and oxygen atoms in total. The fourth-order valence-electron chi connectivity index (χ4n) is 6.74. The van der Waals surface area contributed by atoms with Crippen molar-refractivity contribution in [3.05, 3.63) is 170 Å². The van der Waals surface area contributed by atoms with E-state index >= 15 is 0 Å². The van der Waals surface area contributed by atoms with E-state index in [4.69, 9.17) is 4.42 Å². The Morgan fingerprint density at radius 3 is 1.87 bits per heavy atom. The first kappa shape index (κ1) is 25.4. The highest BCUT2D eigenvalue weighted by atomic mass is 16.3. The molecule has 0 radical (unpaired) electrons. The van der Waals surface area contributed by atoms with Gasteiger partial charge in [0.05, 0.1) is 16.7 Å². The Morgan fingerprint density at radius 2 is 1.04 bits per heavy atom. The summed E-state index contributed by atoms with van der Waals surface area (Å²) < 4.78 is 8.78. The predicted octanol–water partition coefficient (Wildman–Crippen LogP) is 11.8. The minimum atomic E-state index is 0.871. The second kappa shape index (κ2) is 10.3. The third kappa shape index (κ3) is 4.13. The predicted molar refractivity (Wildman–Crippen MR) is 188 cm³/mol. The van der Waals surface area contributed by atoms with Crippen molar-refractivity contribution in [3.8, 4) is 16.8 Å². The number of benzene rings is 7. The van der Waals surface area contributed by atoms with Crippen LogP contribution in [0.3, 0.4) is 0 Å². The van der Waals surface area contributed by atoms with Gasteiger partial charge in [0.2, 0.25) is 0 Å². The molecule has 0 spiro atoms. The summed E-state index contributed by atoms with van der Waals surface area (Å²) in [5.74, 6) is 0. The van der Waals surface area contributed by atoms with E-state index in [1.54, 1.807) is 0 Å². The van der Waals surface area contributed by atoms with Crippen LogP contribution >= 0.6 is 0 Å². The van der Waals surface area contributed by atoms with Gasteiger partial charge in [-0.3, -0.25) is 0 Å². The molecule has 0 unspecified atom stereocenters. The number of rotatable bonds is 5. The van der Waals surface area contributed by atoms with E-state index in [9.17, 15) is 0 Å². The van der Waals surface area contributed by atoms with Crippen LogP contribution < -0.4 is 4.90 Å². The van der Waals surface area contributed by atoms with E-state index < -0.39 is 0 Å². The second-order valence-corrected chi connectivity index (χ2v) is 11.4. The summed E-state index contributed by atoms with van der Waals surface area (Å²) in [7, 11) is 0. The number of para-hydroxylation sites is 4. The van der Waals surface area contributed by atoms with Gasteiger partial charge in [0.1, 0.15) is 11.2 Å². The monoisotopic (exact) mass is 576 g/mol. The summed E-state index contributed by atoms with van der Waals surface area (Å²) in [5, 5.41) is 4.68. The maximum Gasteiger partial charge on any atom is 0.137 e. The van der Waals surface area contributed by atoms with Gasteiger partial charge in [-0.05, 0) is 65.7 Å². The van der Waals surface area contributed by atoms with Gasteiger partial charge >= 0.3 is 0 Å². The Balaban J connectivity index is 1.33. The van der Waals surface area contributed by atoms with Crippen LogP contribution in [0.25, 0.3) is 60.6 Å². The fraction of sp³-hybridized carbons (Fsp3) is 0. The highest BCUT2D eigenvalue weighted by Crippen LogP contribution is 2.44. The molecule has 2 aromatic heterocycles. The highest BCUT2D eigenvalue weighted by Gasteiger charge is 2.22. The summed E-state index contributed by atoms with van der Waals surface area (Å²) in [6, 6.07) is 60.2. The lowest BCUT2D eigenvalue weighted by Gasteiger charge is -2.27. The summed E-state index contributed by atoms with van der Waals surface area (Å²) in [4.78, 5) is 2.36. The number of nitrogens with zero attached hydrogens (tertiary/aromatic N) is 2. The lowest BCUT2D eigenvalue weighted by Crippen LogP contribution is -2.11. The molecule has 0 aliphatic heterocycles. The molecule has 212 valence electrons. The quantitative estimate of drug-likeness (QED) is 0.203. The van der Waals surface area contributed by atoms with Crippen LogP contribution in [0, 0.1) is 0 Å². The average Bonchev–Trinajstić information content (AvgIpc) is 3.65. The van der Waals surface area contributed by atoms with Crippen LogP contribution in [0.2, 0.25) is 0 Å². The summed E-state index contributed by atoms with van der Waals surface area (Å²) in [6.45, 7) is 0. The van der Waals surface area contributed by atoms with E-state index in [1.807, 2.05) is 12.1 Å². The Labute approximate surface area is 260 Å². The van der Waals surface area contributed by atoms with Crippen molar-refractivity contribution < 1.29 is 4.42 Å². The SMILES string of the molecule is c1ccc(-c2ccc(N(c3ccc4c(c3)oc3ccccc34)c3cccc4c5ccccc5n(-c5ccccc5)c34)cc2)cc1. The van der Waals surface area contributed by atoms with Crippen molar-refractivity contribution in [2.75, 3.05) is 4.90 Å². The molecule has 2 heterocycles. The number of anilines is 3. The largest absolute Gasteiger partial charge is 0.456 e. The Hall–Kier alpha value is -6.06. The molecule has 0 aliphatic carbocycles. The molecule has 0 amide bonds. The van der Waals surface area contributed by atoms with Crippen LogP contribution in [-0.2, 0) is 0 Å². The summed E-state index contributed by atoms with van der Waals surface area (Å²) in [6.07, 6.45) is 0. The average molecular weight is 577 g/mol. The van der Waals surface area contributed by atoms with Crippen LogP contribution in [0.15, 0.2) is 174 Å². The molecule has 9 rings (SSSR count). The Morgan fingerprint density at radius 1 is 0.422 bits per heavy atom. The van der Waals surface area contributed by atoms with Crippen LogP contribution in [0.1, 0.15) is 0 Å². The Kier molecular flexibility index (Phi) is 5.82. The molecule has 0 aliphatic rings. The first-order valence-corrected chi connectivity index (χ1v) is 15.3. The van der Waals surface area contributed by atoms with E-state index in [1.165, 1.54) is 27.4 Å². The molecule has 0 saturated heterocycles. The zero-order valence-corrected chi connectivity index (χ0v) is 24.5. The minimum absolute atomic E-state index is 0.871. The number of aromatic nitrogens is 1. The molecular weight excluding hydrogens is 548 g/mol. The molecular formula is C42H28N2O. The first-order chi connectivity index (χ1) is 22.3. The third-order valence-electron chi connectivity index (χ3n) is 8.78. The topological polar surface area (TPSA) is 21.3 Å². The fourth-order valence-corrected chi connectivity index (χ4v) is 6.74. The second-order valence-electron chi connectivity index (χ2n) is 11.4. The third-order valence-corrected chi connectivity index (χ3v) is 8.78. The maximum absolute atomic E-state index is 6.39. The van der Waals surface area contributed by atoms with Crippen LogP contribution in [0.5, 0.6) is 0 Å². The van der Waals surface area contributed by atoms with Crippen LogP contribution in [-0.4, -0.2) is 4.57 Å². The van der Waals surface area contributed by atoms with Gasteiger partial charge in [-0.2, -0.15) is 0 Å². The maximum atomic E-state index is 6.39. The summed E-state index contributed by atoms with van der Waals surface area (Å²) >= 11 is 0. The van der Waals surface area contributed by atoms with Crippen molar-refractivity contribution in [1.29, 1.82) is 0 Å². The zero-order valence-electron chi connectivity index (χ0n) is 24.5. The molecule has 0 saturated carbocycles. The lowest BCUT2D eigenvalue weighted by molar-refractivity contribution is 0.669. The van der Waals surface area contributed by atoms with Gasteiger partial charge in [-0.25, -0.2) is 0 Å². The van der Waals surface area contributed by atoms with Crippen molar-refractivity contribution in [2.24, 2.45) is 0 Å². The highest BCUT2D eigenvalue weighted by molar-refractivity contribution is 6.15. The number of hydrogen-bond acceptors (Lipinski definition) is 2. The number of fused-ring (bicyclic) bond motifs is 6. The van der Waals surface area contributed by atoms with Gasteiger partial charge in [-0.1, -0.05) is 109 Å². The lowest BCUT2D eigenvalue weighted by atomic mass is 10.0. The molecule has 0 bridgehead atoms. The van der Waals surface area contributed by atoms with E-state index in [0.29, 0.717) is 0 Å². The zero-order chi connectivity index (χ0) is 29.7. The summed E-state index contributed by atoms with van der Waals surface area (Å²) in [5.41, 5.74) is 10.8. The smallest absolute Gasteiger partial charge is 0.137 e. The van der Waals surface area contributed by atoms with Gasteiger partial charge in [0.15, 0.2) is 0 Å². The minimum Gasteiger partial charge on any atom is -0.456 e. The molecule has 9 aromatic rings. The standard InChI is InChI=1S/C42H28N2O/c1-3-12-29(13-4-1)30-22-24-32(25-23-30)43(33-26-27-36-35-17-8-10-21-40(35)45-41(36)28-33)39-20-11-18-37-34-16-7-9-19-38(34)44(42(37)39)31-14-5-2-6-15-31/h1-28H. The number of furan rings is 1. The first-order valence-electron chi connectivity index (χ1n) is 15.3. The van der Waals surface area contributed by atoms with E-state index in [0.717, 1.165) is 50.2 Å². The van der Waals surface area contributed by atoms with Gasteiger partial charge in [-0.15, -0.1) is 0 Å². The van der Waals surface area contributed by atoms with E-state index in [-0.39, 0.29) is 0 Å². The molecule has 0 atom stereocenters. The molecule has 7 aromatic carbocycles. The van der Waals surface area contributed by atoms with E-state index in [2.05, 4.69) is 167 Å². The molecule has 3 heteroatoms. The van der Waals surface area contributed by atoms with Gasteiger partial charge in [0, 0.05) is 44.7 Å². The Bertz CT molecular complexity index is 2470. The van der Waals surface area contributed by atoms with Crippen LogP contribution in [0.4, 0.5) is 17.1 Å². The van der Waals surface area contributed by atoms with Crippen molar-refractivity contribution in [1.82, 2.24) is 4.57 Å². The molecule has 0 N–H and O–H groups in total. The van der Waals surface area contributed by atoms with Crippen molar-refractivity contribution >= 4 is 60.8 Å². The normalized spacial score (nSPS) is 11.6. The number of hydrogen-bond donors (Lipinski definition) is 0. The van der Waals surface area contributed by atoms with Crippen molar-refractivity contribution in [3.63, 3.8) is 0 Å². The van der Waals surface area contributed by atoms with Gasteiger partial charge < -0.3 is 13.9 Å².